The van der Waals surface area contributed by atoms with Gasteiger partial charge in [0.05, 0.1) is 19.4 Å². The molecule has 1 aromatic carbocycles. The van der Waals surface area contributed by atoms with Gasteiger partial charge in [-0.25, -0.2) is 4.98 Å². The Morgan fingerprint density at radius 3 is 2.67 bits per heavy atom. The van der Waals surface area contributed by atoms with Crippen molar-refractivity contribution in [3.05, 3.63) is 70.3 Å². The predicted octanol–water partition coefficient (Wildman–Crippen LogP) is 3.12. The molecule has 0 aliphatic carbocycles. The molecule has 0 saturated heterocycles. The van der Waals surface area contributed by atoms with Gasteiger partial charge in [-0.2, -0.15) is 0 Å². The average Bonchev–Trinajstić information content (AvgIpc) is 2.68. The van der Waals surface area contributed by atoms with Crippen molar-refractivity contribution in [2.75, 3.05) is 20.3 Å². The highest BCUT2D eigenvalue weighted by atomic mass is 16.5. The maximum absolute atomic E-state index is 12.3. The van der Waals surface area contributed by atoms with Crippen LogP contribution in [0, 0.1) is 0 Å². The van der Waals surface area contributed by atoms with Gasteiger partial charge in [0.2, 0.25) is 0 Å². The summed E-state index contributed by atoms with van der Waals surface area (Å²) in [7, 11) is 1.64. The fourth-order valence-electron chi connectivity index (χ4n) is 3.04. The Labute approximate surface area is 159 Å². The summed E-state index contributed by atoms with van der Waals surface area (Å²) in [6, 6.07) is 13.1. The lowest BCUT2D eigenvalue weighted by molar-refractivity contribution is 0.266. The second kappa shape index (κ2) is 8.68. The van der Waals surface area contributed by atoms with Crippen LogP contribution in [-0.4, -0.2) is 34.5 Å². The first kappa shape index (κ1) is 18.9. The van der Waals surface area contributed by atoms with E-state index in [-0.39, 0.29) is 5.56 Å². The maximum atomic E-state index is 12.3. The van der Waals surface area contributed by atoms with Crippen molar-refractivity contribution in [2.24, 2.45) is 0 Å². The molecule has 0 atom stereocenters. The number of hydrogen-bond donors (Lipinski definition) is 0. The molecule has 142 valence electrons. The first-order valence-corrected chi connectivity index (χ1v) is 9.14. The van der Waals surface area contributed by atoms with E-state index in [0.29, 0.717) is 18.8 Å². The highest BCUT2D eigenvalue weighted by Crippen LogP contribution is 2.28. The summed E-state index contributed by atoms with van der Waals surface area (Å²) < 4.78 is 12.6. The van der Waals surface area contributed by atoms with Gasteiger partial charge < -0.3 is 9.47 Å². The third kappa shape index (κ3) is 4.46. The number of ether oxygens (including phenoxy) is 2. The minimum Gasteiger partial charge on any atom is -0.493 e. The van der Waals surface area contributed by atoms with E-state index in [1.165, 1.54) is 0 Å². The number of hydrogen-bond acceptors (Lipinski definition) is 5. The van der Waals surface area contributed by atoms with Crippen LogP contribution in [0.5, 0.6) is 11.5 Å². The third-order valence-corrected chi connectivity index (χ3v) is 4.39. The molecule has 0 radical (unpaired) electrons. The fraction of sp³-hybridized carbons (Fsp3) is 0.333. The summed E-state index contributed by atoms with van der Waals surface area (Å²) in [5.41, 5.74) is 2.49. The molecule has 3 rings (SSSR count). The Morgan fingerprint density at radius 1 is 1.07 bits per heavy atom. The van der Waals surface area contributed by atoms with E-state index in [9.17, 15) is 4.79 Å². The molecule has 0 fully saturated rings. The average molecular weight is 367 g/mol. The Kier molecular flexibility index (Phi) is 6.08. The van der Waals surface area contributed by atoms with Crippen molar-refractivity contribution in [1.29, 1.82) is 0 Å². The van der Waals surface area contributed by atoms with Gasteiger partial charge >= 0.3 is 0 Å². The fourth-order valence-corrected chi connectivity index (χ4v) is 3.04. The van der Waals surface area contributed by atoms with Crippen LogP contribution in [0.1, 0.15) is 25.1 Å². The maximum Gasteiger partial charge on any atom is 0.258 e. The van der Waals surface area contributed by atoms with Crippen molar-refractivity contribution in [3.8, 4) is 11.5 Å². The van der Waals surface area contributed by atoms with Crippen molar-refractivity contribution in [2.45, 2.75) is 26.9 Å². The minimum absolute atomic E-state index is 0.0608. The summed E-state index contributed by atoms with van der Waals surface area (Å²) in [5.74, 6) is 1.48. The molecular weight excluding hydrogens is 342 g/mol. The molecule has 0 unspecified atom stereocenters. The standard InChI is InChI=1S/C21H25N3O3/c1-4-23(14-16-9-10-18(27-5-2)19(12-16)26-3)15-17-13-21(25)24-11-7-6-8-20(24)22-17/h6-13H,4-5,14-15H2,1-3H3. The summed E-state index contributed by atoms with van der Waals surface area (Å²) in [6.45, 7) is 6.82. The summed E-state index contributed by atoms with van der Waals surface area (Å²) in [4.78, 5) is 19.1. The van der Waals surface area contributed by atoms with E-state index in [4.69, 9.17) is 9.47 Å². The normalized spacial score (nSPS) is 11.1. The largest absolute Gasteiger partial charge is 0.493 e. The second-order valence-corrected chi connectivity index (χ2v) is 6.24. The van der Waals surface area contributed by atoms with Crippen molar-refractivity contribution in [1.82, 2.24) is 14.3 Å². The lowest BCUT2D eigenvalue weighted by Crippen LogP contribution is -2.25. The van der Waals surface area contributed by atoms with Crippen LogP contribution in [0.25, 0.3) is 5.65 Å². The molecule has 6 heteroatoms. The number of methoxy groups -OCH3 is 1. The number of pyridine rings is 1. The number of benzene rings is 1. The van der Waals surface area contributed by atoms with Gasteiger partial charge in [0, 0.05) is 25.4 Å². The Balaban J connectivity index is 1.79. The Morgan fingerprint density at radius 2 is 1.93 bits per heavy atom. The highest BCUT2D eigenvalue weighted by Gasteiger charge is 2.11. The lowest BCUT2D eigenvalue weighted by atomic mass is 10.2. The SMILES string of the molecule is CCOc1ccc(CN(CC)Cc2cc(=O)n3ccccc3n2)cc1OC. The predicted molar refractivity (Wildman–Crippen MR) is 105 cm³/mol. The zero-order chi connectivity index (χ0) is 19.2. The molecule has 0 aliphatic rings. The van der Waals surface area contributed by atoms with E-state index in [2.05, 4.69) is 16.8 Å². The van der Waals surface area contributed by atoms with E-state index in [1.807, 2.05) is 43.3 Å². The molecule has 27 heavy (non-hydrogen) atoms. The smallest absolute Gasteiger partial charge is 0.258 e. The highest BCUT2D eigenvalue weighted by molar-refractivity contribution is 5.43. The first-order chi connectivity index (χ1) is 13.1. The van der Waals surface area contributed by atoms with Crippen LogP contribution in [0.15, 0.2) is 53.5 Å². The number of aromatic nitrogens is 2. The molecule has 2 heterocycles. The molecule has 0 N–H and O–H groups in total. The van der Waals surface area contributed by atoms with Crippen LogP contribution in [-0.2, 0) is 13.1 Å². The van der Waals surface area contributed by atoms with E-state index < -0.39 is 0 Å². The van der Waals surface area contributed by atoms with Crippen molar-refractivity contribution in [3.63, 3.8) is 0 Å². The third-order valence-electron chi connectivity index (χ3n) is 4.39. The molecule has 0 saturated carbocycles. The van der Waals surface area contributed by atoms with Gasteiger partial charge in [-0.15, -0.1) is 0 Å². The number of nitrogens with zero attached hydrogens (tertiary/aromatic N) is 3. The molecule has 0 amide bonds. The molecule has 0 spiro atoms. The minimum atomic E-state index is -0.0608. The van der Waals surface area contributed by atoms with Gasteiger partial charge in [-0.1, -0.05) is 19.1 Å². The Hall–Kier alpha value is -2.86. The van der Waals surface area contributed by atoms with Gasteiger partial charge in [-0.05, 0) is 43.3 Å². The van der Waals surface area contributed by atoms with E-state index in [0.717, 1.165) is 35.8 Å². The van der Waals surface area contributed by atoms with Gasteiger partial charge in [0.25, 0.3) is 5.56 Å². The molecule has 0 bridgehead atoms. The first-order valence-electron chi connectivity index (χ1n) is 9.14. The number of fused-ring (bicyclic) bond motifs is 1. The Bertz CT molecular complexity index is 968. The summed E-state index contributed by atoms with van der Waals surface area (Å²) >= 11 is 0. The summed E-state index contributed by atoms with van der Waals surface area (Å²) in [6.07, 6.45) is 1.73. The van der Waals surface area contributed by atoms with Gasteiger partial charge in [0.15, 0.2) is 11.5 Å². The van der Waals surface area contributed by atoms with Gasteiger partial charge in [-0.3, -0.25) is 14.1 Å². The lowest BCUT2D eigenvalue weighted by Gasteiger charge is -2.21. The van der Waals surface area contributed by atoms with E-state index in [1.54, 1.807) is 23.8 Å². The van der Waals surface area contributed by atoms with Crippen LogP contribution in [0.2, 0.25) is 0 Å². The quantitative estimate of drug-likeness (QED) is 0.612. The van der Waals surface area contributed by atoms with Crippen LogP contribution in [0.3, 0.4) is 0 Å². The molecular formula is C21H25N3O3. The van der Waals surface area contributed by atoms with Crippen LogP contribution >= 0.6 is 0 Å². The van der Waals surface area contributed by atoms with Crippen molar-refractivity contribution < 1.29 is 9.47 Å². The zero-order valence-electron chi connectivity index (χ0n) is 16.0. The number of rotatable bonds is 8. The topological polar surface area (TPSA) is 56.1 Å². The molecule has 2 aromatic heterocycles. The van der Waals surface area contributed by atoms with Crippen LogP contribution < -0.4 is 15.0 Å². The molecule has 6 nitrogen and oxygen atoms in total. The zero-order valence-corrected chi connectivity index (χ0v) is 16.0. The second-order valence-electron chi connectivity index (χ2n) is 6.24. The van der Waals surface area contributed by atoms with Gasteiger partial charge in [0.1, 0.15) is 5.65 Å². The monoisotopic (exact) mass is 367 g/mol. The molecule has 3 aromatic rings. The van der Waals surface area contributed by atoms with Crippen LogP contribution in [0.4, 0.5) is 0 Å². The van der Waals surface area contributed by atoms with E-state index >= 15 is 0 Å². The molecule has 0 aliphatic heterocycles. The van der Waals surface area contributed by atoms with Crippen molar-refractivity contribution >= 4 is 5.65 Å². The summed E-state index contributed by atoms with van der Waals surface area (Å²) in [5, 5.41) is 0.